The molecular weight excluding hydrogens is 274 g/mol. The lowest BCUT2D eigenvalue weighted by Crippen LogP contribution is -2.36. The second-order valence-corrected chi connectivity index (χ2v) is 5.46. The Morgan fingerprint density at radius 2 is 1.64 bits per heavy atom. The maximum Gasteiger partial charge on any atom is 0.123 e. The topological polar surface area (TPSA) is 73.3 Å². The van der Waals surface area contributed by atoms with E-state index in [4.69, 9.17) is 5.73 Å². The molecule has 22 heavy (non-hydrogen) atoms. The summed E-state index contributed by atoms with van der Waals surface area (Å²) in [4.78, 5) is 1.88. The van der Waals surface area contributed by atoms with E-state index >= 15 is 0 Å². The second-order valence-electron chi connectivity index (χ2n) is 5.46. The fraction of sp³-hybridized carbons (Fsp3) is 0.278. The minimum atomic E-state index is -0.657. The summed E-state index contributed by atoms with van der Waals surface area (Å²) in [5, 5.41) is 20.0. The fourth-order valence-electron chi connectivity index (χ4n) is 2.47. The van der Waals surface area contributed by atoms with Crippen molar-refractivity contribution in [2.45, 2.75) is 25.1 Å². The van der Waals surface area contributed by atoms with Gasteiger partial charge in [-0.05, 0) is 37.2 Å². The molecule has 2 rings (SSSR count). The Morgan fingerprint density at radius 1 is 1.05 bits per heavy atom. The Balaban J connectivity index is 2.19. The summed E-state index contributed by atoms with van der Waals surface area (Å²) in [6, 6.07) is 18.4. The van der Waals surface area contributed by atoms with Crippen molar-refractivity contribution >= 4 is 5.69 Å². The molecule has 0 aliphatic heterocycles. The first kappa shape index (κ1) is 16.0. The molecular formula is C18H21N3O. The predicted octanol–water partition coefficient (Wildman–Crippen LogP) is 2.89. The van der Waals surface area contributed by atoms with Crippen molar-refractivity contribution in [2.75, 3.05) is 12.8 Å². The van der Waals surface area contributed by atoms with Crippen LogP contribution in [-0.4, -0.2) is 23.1 Å². The van der Waals surface area contributed by atoms with Crippen LogP contribution in [0.15, 0.2) is 54.6 Å². The molecule has 0 aromatic heterocycles. The molecule has 0 amide bonds. The third-order valence-electron chi connectivity index (χ3n) is 4.02. The van der Waals surface area contributed by atoms with E-state index in [1.807, 2.05) is 61.3 Å². The smallest absolute Gasteiger partial charge is 0.123 e. The molecule has 3 atom stereocenters. The maximum atomic E-state index is 10.5. The number of benzene rings is 2. The number of hydrogen-bond acceptors (Lipinski definition) is 4. The SMILES string of the molecule is C[C@H]([C@H](O)c1ccccc1)N(C)[C@@H](C#N)c1ccc(N)cc1. The average molecular weight is 295 g/mol. The zero-order valence-corrected chi connectivity index (χ0v) is 12.8. The molecule has 0 aliphatic carbocycles. The lowest BCUT2D eigenvalue weighted by molar-refractivity contribution is 0.0605. The molecule has 0 unspecified atom stereocenters. The molecule has 0 saturated heterocycles. The summed E-state index contributed by atoms with van der Waals surface area (Å²) < 4.78 is 0. The van der Waals surface area contributed by atoms with Crippen molar-refractivity contribution in [1.29, 1.82) is 5.26 Å². The Hall–Kier alpha value is -2.35. The van der Waals surface area contributed by atoms with Crippen LogP contribution in [0.1, 0.15) is 30.2 Å². The number of likely N-dealkylation sites (N-methyl/N-ethyl adjacent to an activating group) is 1. The van der Waals surface area contributed by atoms with Crippen molar-refractivity contribution in [2.24, 2.45) is 0 Å². The Kier molecular flexibility index (Phi) is 5.16. The normalized spacial score (nSPS) is 15.0. The van der Waals surface area contributed by atoms with Gasteiger partial charge in [0.1, 0.15) is 6.04 Å². The third-order valence-corrected chi connectivity index (χ3v) is 4.02. The van der Waals surface area contributed by atoms with Crippen molar-refractivity contribution in [3.05, 3.63) is 65.7 Å². The van der Waals surface area contributed by atoms with Crippen molar-refractivity contribution in [1.82, 2.24) is 4.90 Å². The highest BCUT2D eigenvalue weighted by Crippen LogP contribution is 2.27. The highest BCUT2D eigenvalue weighted by Gasteiger charge is 2.27. The maximum absolute atomic E-state index is 10.5. The van der Waals surface area contributed by atoms with Crippen molar-refractivity contribution in [3.63, 3.8) is 0 Å². The van der Waals surface area contributed by atoms with Crippen molar-refractivity contribution < 1.29 is 5.11 Å². The van der Waals surface area contributed by atoms with Gasteiger partial charge in [-0.25, -0.2) is 0 Å². The van der Waals surface area contributed by atoms with Crippen LogP contribution in [0, 0.1) is 11.3 Å². The predicted molar refractivity (Wildman–Crippen MR) is 87.8 cm³/mol. The summed E-state index contributed by atoms with van der Waals surface area (Å²) in [6.07, 6.45) is -0.657. The number of aliphatic hydroxyl groups excluding tert-OH is 1. The molecule has 0 fully saturated rings. The number of hydrogen-bond donors (Lipinski definition) is 2. The van der Waals surface area contributed by atoms with Gasteiger partial charge in [0, 0.05) is 11.7 Å². The van der Waals surface area contributed by atoms with Gasteiger partial charge in [0.05, 0.1) is 12.2 Å². The first-order valence-corrected chi connectivity index (χ1v) is 7.24. The van der Waals surface area contributed by atoms with E-state index in [2.05, 4.69) is 6.07 Å². The van der Waals surface area contributed by atoms with Crippen LogP contribution >= 0.6 is 0 Å². The first-order valence-electron chi connectivity index (χ1n) is 7.24. The Bertz CT molecular complexity index is 634. The standard InChI is InChI=1S/C18H21N3O/c1-13(18(22)15-6-4-3-5-7-15)21(2)17(12-19)14-8-10-16(20)11-9-14/h3-11,13,17-18,22H,20H2,1-2H3/t13-,17+,18+/m1/s1. The summed E-state index contributed by atoms with van der Waals surface area (Å²) in [5.41, 5.74) is 8.07. The molecule has 2 aromatic carbocycles. The molecule has 0 aliphatic rings. The van der Waals surface area contributed by atoms with E-state index in [0.717, 1.165) is 11.1 Å². The van der Waals surface area contributed by atoms with E-state index < -0.39 is 12.1 Å². The van der Waals surface area contributed by atoms with Crippen molar-refractivity contribution in [3.8, 4) is 6.07 Å². The second kappa shape index (κ2) is 7.08. The molecule has 0 saturated carbocycles. The summed E-state index contributed by atoms with van der Waals surface area (Å²) in [6.45, 7) is 1.92. The van der Waals surface area contributed by atoms with Gasteiger partial charge in [-0.1, -0.05) is 42.5 Å². The van der Waals surface area contributed by atoms with Gasteiger partial charge in [0.15, 0.2) is 0 Å². The molecule has 4 nitrogen and oxygen atoms in total. The van der Waals surface area contributed by atoms with Crippen LogP contribution in [0.3, 0.4) is 0 Å². The lowest BCUT2D eigenvalue weighted by Gasteiger charge is -2.32. The molecule has 4 heteroatoms. The number of anilines is 1. The summed E-state index contributed by atoms with van der Waals surface area (Å²) >= 11 is 0. The minimum Gasteiger partial charge on any atom is -0.399 e. The number of nitriles is 1. The first-order chi connectivity index (χ1) is 10.5. The minimum absolute atomic E-state index is 0.204. The van der Waals surface area contributed by atoms with Gasteiger partial charge in [0.2, 0.25) is 0 Å². The zero-order valence-electron chi connectivity index (χ0n) is 12.8. The summed E-state index contributed by atoms with van der Waals surface area (Å²) in [5.74, 6) is 0. The monoisotopic (exact) mass is 295 g/mol. The molecule has 0 radical (unpaired) electrons. The van der Waals surface area contributed by atoms with E-state index in [1.165, 1.54) is 0 Å². The fourth-order valence-corrected chi connectivity index (χ4v) is 2.47. The summed E-state index contributed by atoms with van der Waals surface area (Å²) in [7, 11) is 1.85. The van der Waals surface area contributed by atoms with Crippen LogP contribution in [0.25, 0.3) is 0 Å². The van der Waals surface area contributed by atoms with Gasteiger partial charge >= 0.3 is 0 Å². The van der Waals surface area contributed by atoms with E-state index in [9.17, 15) is 10.4 Å². The zero-order chi connectivity index (χ0) is 16.1. The van der Waals surface area contributed by atoms with E-state index in [0.29, 0.717) is 5.69 Å². The Labute approximate surface area is 131 Å². The highest BCUT2D eigenvalue weighted by molar-refractivity contribution is 5.41. The van der Waals surface area contributed by atoms with Gasteiger partial charge in [-0.15, -0.1) is 0 Å². The van der Waals surface area contributed by atoms with Gasteiger partial charge in [-0.2, -0.15) is 5.26 Å². The molecule has 114 valence electrons. The van der Waals surface area contributed by atoms with Crippen LogP contribution in [-0.2, 0) is 0 Å². The quantitative estimate of drug-likeness (QED) is 0.832. The molecule has 0 spiro atoms. The van der Waals surface area contributed by atoms with E-state index in [1.54, 1.807) is 12.1 Å². The largest absolute Gasteiger partial charge is 0.399 e. The highest BCUT2D eigenvalue weighted by atomic mass is 16.3. The van der Waals surface area contributed by atoms with Gasteiger partial charge < -0.3 is 10.8 Å². The van der Waals surface area contributed by atoms with Crippen LogP contribution in [0.2, 0.25) is 0 Å². The van der Waals surface area contributed by atoms with Crippen LogP contribution in [0.5, 0.6) is 0 Å². The number of nitrogen functional groups attached to an aromatic ring is 1. The van der Waals surface area contributed by atoms with Crippen LogP contribution < -0.4 is 5.73 Å². The number of nitrogens with two attached hydrogens (primary N) is 1. The molecule has 0 heterocycles. The van der Waals surface area contributed by atoms with Gasteiger partial charge in [0.25, 0.3) is 0 Å². The molecule has 2 aromatic rings. The molecule has 0 bridgehead atoms. The van der Waals surface area contributed by atoms with E-state index in [-0.39, 0.29) is 6.04 Å². The number of aliphatic hydroxyl groups is 1. The van der Waals surface area contributed by atoms with Crippen LogP contribution in [0.4, 0.5) is 5.69 Å². The Morgan fingerprint density at radius 3 is 2.18 bits per heavy atom. The molecule has 3 N–H and O–H groups in total. The lowest BCUT2D eigenvalue weighted by atomic mass is 9.99. The average Bonchev–Trinajstić information content (AvgIpc) is 2.56. The third kappa shape index (κ3) is 3.45. The number of nitrogens with zero attached hydrogens (tertiary/aromatic N) is 2. The van der Waals surface area contributed by atoms with Gasteiger partial charge in [-0.3, -0.25) is 4.90 Å². The number of rotatable bonds is 5.